The second kappa shape index (κ2) is 9.02. The topological polar surface area (TPSA) is 84.5 Å². The van der Waals surface area contributed by atoms with Crippen LogP contribution in [0.4, 0.5) is 5.69 Å². The Morgan fingerprint density at radius 1 is 1.19 bits per heavy atom. The minimum Gasteiger partial charge on any atom is -0.385 e. The predicted octanol–water partition coefficient (Wildman–Crippen LogP) is 3.22. The van der Waals surface area contributed by atoms with Crippen LogP contribution in [-0.2, 0) is 14.8 Å². The molecule has 0 aromatic heterocycles. The van der Waals surface area contributed by atoms with Crippen LogP contribution in [0.5, 0.6) is 0 Å². The third kappa shape index (κ3) is 5.45. The molecule has 0 bridgehead atoms. The highest BCUT2D eigenvalue weighted by atomic mass is 35.5. The lowest BCUT2D eigenvalue weighted by atomic mass is 10.2. The highest BCUT2D eigenvalue weighted by Gasteiger charge is 2.20. The van der Waals surface area contributed by atoms with Crippen molar-refractivity contribution in [1.82, 2.24) is 5.32 Å². The van der Waals surface area contributed by atoms with Crippen LogP contribution in [-0.4, -0.2) is 34.6 Å². The molecule has 2 N–H and O–H groups in total. The van der Waals surface area contributed by atoms with Gasteiger partial charge in [0.2, 0.25) is 0 Å². The van der Waals surface area contributed by atoms with E-state index in [0.717, 1.165) is 5.56 Å². The van der Waals surface area contributed by atoms with E-state index in [1.807, 2.05) is 13.0 Å². The molecule has 0 fully saturated rings. The number of anilines is 1. The van der Waals surface area contributed by atoms with Crippen LogP contribution in [0.3, 0.4) is 0 Å². The summed E-state index contributed by atoms with van der Waals surface area (Å²) in [5.41, 5.74) is 1.56. The van der Waals surface area contributed by atoms with E-state index in [1.165, 1.54) is 18.2 Å². The van der Waals surface area contributed by atoms with Crippen LogP contribution in [0, 0.1) is 6.92 Å². The zero-order valence-corrected chi connectivity index (χ0v) is 16.2. The molecule has 1 amide bonds. The van der Waals surface area contributed by atoms with Gasteiger partial charge < -0.3 is 10.1 Å². The Hall–Kier alpha value is -2.09. The summed E-state index contributed by atoms with van der Waals surface area (Å²) in [7, 11) is -2.35. The van der Waals surface area contributed by atoms with Gasteiger partial charge in [0.15, 0.2) is 0 Å². The number of ether oxygens (including phenoxy) is 1. The fraction of sp³-hybridized carbons (Fsp3) is 0.278. The van der Waals surface area contributed by atoms with Gasteiger partial charge in [0.25, 0.3) is 15.9 Å². The molecule has 0 unspecified atom stereocenters. The molecule has 0 saturated carbocycles. The van der Waals surface area contributed by atoms with Crippen molar-refractivity contribution in [3.8, 4) is 0 Å². The Balaban J connectivity index is 2.21. The molecule has 0 aliphatic carbocycles. The van der Waals surface area contributed by atoms with Crippen LogP contribution in [0.1, 0.15) is 22.3 Å². The van der Waals surface area contributed by atoms with Crippen molar-refractivity contribution in [2.45, 2.75) is 18.2 Å². The average molecular weight is 397 g/mol. The average Bonchev–Trinajstić information content (AvgIpc) is 2.58. The molecule has 26 heavy (non-hydrogen) atoms. The Kier molecular flexibility index (Phi) is 7.02. The summed E-state index contributed by atoms with van der Waals surface area (Å²) in [5.74, 6) is -0.371. The minimum atomic E-state index is -3.93. The van der Waals surface area contributed by atoms with Crippen molar-refractivity contribution in [1.29, 1.82) is 0 Å². The maximum Gasteiger partial charge on any atom is 0.263 e. The molecule has 0 atom stereocenters. The van der Waals surface area contributed by atoms with E-state index in [0.29, 0.717) is 25.3 Å². The van der Waals surface area contributed by atoms with Crippen molar-refractivity contribution in [3.05, 3.63) is 58.6 Å². The lowest BCUT2D eigenvalue weighted by Gasteiger charge is -2.12. The van der Waals surface area contributed by atoms with Gasteiger partial charge in [-0.15, -0.1) is 0 Å². The maximum atomic E-state index is 12.7. The van der Waals surface area contributed by atoms with Crippen molar-refractivity contribution in [3.63, 3.8) is 0 Å². The second-order valence-corrected chi connectivity index (χ2v) is 7.78. The first-order chi connectivity index (χ1) is 12.3. The first-order valence-electron chi connectivity index (χ1n) is 7.99. The largest absolute Gasteiger partial charge is 0.385 e. The summed E-state index contributed by atoms with van der Waals surface area (Å²) in [6.07, 6.45) is 0.663. The van der Waals surface area contributed by atoms with Gasteiger partial charge in [-0.3, -0.25) is 9.52 Å². The lowest BCUT2D eigenvalue weighted by molar-refractivity contribution is 0.0948. The van der Waals surface area contributed by atoms with Gasteiger partial charge in [-0.2, -0.15) is 0 Å². The molecule has 2 rings (SSSR count). The fourth-order valence-corrected chi connectivity index (χ4v) is 3.87. The highest BCUT2D eigenvalue weighted by Crippen LogP contribution is 2.25. The first-order valence-corrected chi connectivity index (χ1v) is 9.86. The third-order valence-electron chi connectivity index (χ3n) is 3.56. The minimum absolute atomic E-state index is 0.0427. The molecule has 2 aromatic rings. The summed E-state index contributed by atoms with van der Waals surface area (Å²) >= 11 is 6.06. The SMILES string of the molecule is COCCCNC(=O)c1ccc(Cl)c(S(=O)(=O)Nc2cccc(C)c2)c1. The Morgan fingerprint density at radius 3 is 2.65 bits per heavy atom. The van der Waals surface area contributed by atoms with E-state index in [9.17, 15) is 13.2 Å². The number of carbonyl (C=O) groups is 1. The van der Waals surface area contributed by atoms with E-state index in [1.54, 1.807) is 25.3 Å². The number of rotatable bonds is 8. The Bertz CT molecular complexity index is 885. The molecular weight excluding hydrogens is 376 g/mol. The van der Waals surface area contributed by atoms with Crippen LogP contribution in [0.25, 0.3) is 0 Å². The number of nitrogens with one attached hydrogen (secondary N) is 2. The molecule has 0 radical (unpaired) electrons. The summed E-state index contributed by atoms with van der Waals surface area (Å²) in [5, 5.41) is 2.75. The van der Waals surface area contributed by atoms with E-state index < -0.39 is 10.0 Å². The number of methoxy groups -OCH3 is 1. The van der Waals surface area contributed by atoms with Crippen molar-refractivity contribution in [2.24, 2.45) is 0 Å². The molecule has 2 aromatic carbocycles. The molecule has 0 heterocycles. The number of halogens is 1. The van der Waals surface area contributed by atoms with Gasteiger partial charge in [-0.05, 0) is 49.2 Å². The lowest BCUT2D eigenvalue weighted by Crippen LogP contribution is -2.25. The molecule has 8 heteroatoms. The number of hydrogen-bond acceptors (Lipinski definition) is 4. The smallest absolute Gasteiger partial charge is 0.263 e. The monoisotopic (exact) mass is 396 g/mol. The highest BCUT2D eigenvalue weighted by molar-refractivity contribution is 7.92. The van der Waals surface area contributed by atoms with Gasteiger partial charge >= 0.3 is 0 Å². The number of sulfonamides is 1. The van der Waals surface area contributed by atoms with Crippen LogP contribution >= 0.6 is 11.6 Å². The normalized spacial score (nSPS) is 11.2. The molecule has 0 aliphatic heterocycles. The number of aryl methyl sites for hydroxylation is 1. The number of carbonyl (C=O) groups excluding carboxylic acids is 1. The van der Waals surface area contributed by atoms with Gasteiger partial charge in [-0.25, -0.2) is 8.42 Å². The summed E-state index contributed by atoms with van der Waals surface area (Å²) in [6, 6.07) is 11.1. The fourth-order valence-electron chi connectivity index (χ4n) is 2.29. The Morgan fingerprint density at radius 2 is 1.96 bits per heavy atom. The summed E-state index contributed by atoms with van der Waals surface area (Å²) < 4.78 is 32.7. The van der Waals surface area contributed by atoms with Crippen molar-refractivity contribution < 1.29 is 17.9 Å². The number of amides is 1. The zero-order valence-electron chi connectivity index (χ0n) is 14.6. The van der Waals surface area contributed by atoms with Gasteiger partial charge in [-0.1, -0.05) is 23.7 Å². The van der Waals surface area contributed by atoms with Crippen LogP contribution < -0.4 is 10.0 Å². The summed E-state index contributed by atoms with van der Waals surface area (Å²) in [6.45, 7) is 2.82. The predicted molar refractivity (Wildman–Crippen MR) is 102 cm³/mol. The molecular formula is C18H21ClN2O4S. The molecule has 0 saturated heterocycles. The van der Waals surface area contributed by atoms with E-state index >= 15 is 0 Å². The van der Waals surface area contributed by atoms with Crippen molar-refractivity contribution >= 4 is 33.2 Å². The van der Waals surface area contributed by atoms with Gasteiger partial charge in [0.05, 0.1) is 5.02 Å². The second-order valence-electron chi connectivity index (χ2n) is 5.72. The molecule has 6 nitrogen and oxygen atoms in total. The molecule has 0 aliphatic rings. The molecule has 140 valence electrons. The van der Waals surface area contributed by atoms with Crippen LogP contribution in [0.15, 0.2) is 47.4 Å². The zero-order chi connectivity index (χ0) is 19.2. The Labute approximate surface area is 158 Å². The maximum absolute atomic E-state index is 12.7. The number of benzene rings is 2. The third-order valence-corrected chi connectivity index (χ3v) is 5.43. The summed E-state index contributed by atoms with van der Waals surface area (Å²) in [4.78, 5) is 12.0. The van der Waals surface area contributed by atoms with Gasteiger partial charge in [0.1, 0.15) is 4.90 Å². The van der Waals surface area contributed by atoms with E-state index in [4.69, 9.17) is 16.3 Å². The molecule has 0 spiro atoms. The standard InChI is InChI=1S/C18H21ClN2O4S/c1-13-5-3-6-15(11-13)21-26(23,24)17-12-14(7-8-16(17)19)18(22)20-9-4-10-25-2/h3,5-8,11-12,21H,4,9-10H2,1-2H3,(H,20,22). The van der Waals surface area contributed by atoms with Gasteiger partial charge in [0, 0.05) is 31.5 Å². The number of hydrogen-bond donors (Lipinski definition) is 2. The van der Waals surface area contributed by atoms with Crippen LogP contribution in [0.2, 0.25) is 5.02 Å². The first kappa shape index (κ1) is 20.2. The van der Waals surface area contributed by atoms with E-state index in [-0.39, 0.29) is 21.4 Å². The van der Waals surface area contributed by atoms with E-state index in [2.05, 4.69) is 10.0 Å². The quantitative estimate of drug-likeness (QED) is 0.671. The van der Waals surface area contributed by atoms with Crippen molar-refractivity contribution in [2.75, 3.05) is 25.0 Å².